The van der Waals surface area contributed by atoms with Gasteiger partial charge in [-0.05, 0) is 55.7 Å². The Morgan fingerprint density at radius 1 is 1.20 bits per heavy atom. The summed E-state index contributed by atoms with van der Waals surface area (Å²) in [6.07, 6.45) is 4.43. The first kappa shape index (κ1) is 13.6. The summed E-state index contributed by atoms with van der Waals surface area (Å²) < 4.78 is 23.1. The van der Waals surface area contributed by atoms with Gasteiger partial charge in [-0.25, -0.2) is 8.42 Å². The quantitative estimate of drug-likeness (QED) is 0.930. The van der Waals surface area contributed by atoms with Gasteiger partial charge in [0.05, 0.1) is 4.90 Å². The third-order valence-corrected chi connectivity index (χ3v) is 5.62. The number of amides is 1. The maximum atomic E-state index is 12.2. The fraction of sp³-hybridized carbons (Fsp3) is 0.533. The Kier molecular flexibility index (Phi) is 3.12. The highest BCUT2D eigenvalue weighted by atomic mass is 32.2. The van der Waals surface area contributed by atoms with E-state index in [1.54, 1.807) is 18.2 Å². The number of sulfone groups is 1. The molecule has 2 aliphatic carbocycles. The van der Waals surface area contributed by atoms with Crippen molar-refractivity contribution in [2.45, 2.75) is 31.1 Å². The van der Waals surface area contributed by atoms with Crippen LogP contribution in [0, 0.1) is 24.7 Å². The van der Waals surface area contributed by atoms with Gasteiger partial charge in [-0.2, -0.15) is 0 Å². The second-order valence-corrected chi connectivity index (χ2v) is 8.18. The maximum absolute atomic E-state index is 12.2. The molecule has 0 aromatic heterocycles. The van der Waals surface area contributed by atoms with Gasteiger partial charge in [0.15, 0.2) is 9.84 Å². The molecule has 5 heteroatoms. The van der Waals surface area contributed by atoms with Crippen LogP contribution in [0.15, 0.2) is 23.1 Å². The van der Waals surface area contributed by atoms with Crippen LogP contribution < -0.4 is 5.32 Å². The van der Waals surface area contributed by atoms with Crippen LogP contribution in [0.5, 0.6) is 0 Å². The van der Waals surface area contributed by atoms with Gasteiger partial charge < -0.3 is 5.32 Å². The molecular weight excluding hydrogens is 274 g/mol. The summed E-state index contributed by atoms with van der Waals surface area (Å²) in [7, 11) is -3.25. The van der Waals surface area contributed by atoms with E-state index in [-0.39, 0.29) is 16.7 Å². The molecule has 2 fully saturated rings. The molecule has 2 aliphatic rings. The van der Waals surface area contributed by atoms with Crippen LogP contribution in [0.3, 0.4) is 0 Å². The van der Waals surface area contributed by atoms with Gasteiger partial charge in [0.2, 0.25) is 5.91 Å². The SMILES string of the molecule is Cc1ccc(S(C)(=O)=O)cc1NC(=O)C1CC2CC2C1. The minimum absolute atomic E-state index is 0.0333. The molecule has 0 spiro atoms. The summed E-state index contributed by atoms with van der Waals surface area (Å²) in [5, 5.41) is 2.90. The van der Waals surface area contributed by atoms with E-state index in [0.29, 0.717) is 5.69 Å². The van der Waals surface area contributed by atoms with Crippen molar-refractivity contribution in [3.8, 4) is 0 Å². The van der Waals surface area contributed by atoms with Crippen molar-refractivity contribution in [1.29, 1.82) is 0 Å². The van der Waals surface area contributed by atoms with Crippen LogP contribution in [-0.2, 0) is 14.6 Å². The zero-order valence-electron chi connectivity index (χ0n) is 11.7. The lowest BCUT2D eigenvalue weighted by molar-refractivity contribution is -0.120. The van der Waals surface area contributed by atoms with Crippen LogP contribution in [0.4, 0.5) is 5.69 Å². The molecule has 0 aliphatic heterocycles. The second kappa shape index (κ2) is 4.58. The van der Waals surface area contributed by atoms with E-state index < -0.39 is 9.84 Å². The molecule has 1 aromatic rings. The first-order valence-corrected chi connectivity index (χ1v) is 8.85. The van der Waals surface area contributed by atoms with Gasteiger partial charge in [-0.1, -0.05) is 6.07 Å². The van der Waals surface area contributed by atoms with E-state index in [1.807, 2.05) is 6.92 Å². The molecular formula is C15H19NO3S. The normalized spacial score (nSPS) is 28.0. The number of anilines is 1. The molecule has 0 radical (unpaired) electrons. The Bertz CT molecular complexity index is 656. The predicted octanol–water partition coefficient (Wildman–Crippen LogP) is 2.38. The fourth-order valence-electron chi connectivity index (χ4n) is 3.13. The summed E-state index contributed by atoms with van der Waals surface area (Å²) >= 11 is 0. The molecule has 2 saturated carbocycles. The lowest BCUT2D eigenvalue weighted by Crippen LogP contribution is -2.22. The summed E-state index contributed by atoms with van der Waals surface area (Å²) in [6.45, 7) is 1.87. The second-order valence-electron chi connectivity index (χ2n) is 6.16. The predicted molar refractivity (Wildman–Crippen MR) is 77.2 cm³/mol. The number of hydrogen-bond acceptors (Lipinski definition) is 3. The number of carbonyl (C=O) groups excluding carboxylic acids is 1. The van der Waals surface area contributed by atoms with Crippen LogP contribution in [0.2, 0.25) is 0 Å². The van der Waals surface area contributed by atoms with E-state index in [1.165, 1.54) is 12.7 Å². The third-order valence-electron chi connectivity index (χ3n) is 4.51. The zero-order valence-corrected chi connectivity index (χ0v) is 12.5. The average molecular weight is 293 g/mol. The lowest BCUT2D eigenvalue weighted by Gasteiger charge is -2.14. The molecule has 0 saturated heterocycles. The zero-order chi connectivity index (χ0) is 14.5. The monoisotopic (exact) mass is 293 g/mol. The first-order valence-electron chi connectivity index (χ1n) is 6.96. The molecule has 0 heterocycles. The topological polar surface area (TPSA) is 63.2 Å². The summed E-state index contributed by atoms with van der Waals surface area (Å²) in [6, 6.07) is 4.86. The van der Waals surface area contributed by atoms with Crippen LogP contribution >= 0.6 is 0 Å². The Labute approximate surface area is 119 Å². The molecule has 3 rings (SSSR count). The molecule has 1 N–H and O–H groups in total. The molecule has 1 aromatic carbocycles. The maximum Gasteiger partial charge on any atom is 0.227 e. The highest BCUT2D eigenvalue weighted by Crippen LogP contribution is 2.54. The highest BCUT2D eigenvalue weighted by Gasteiger charge is 2.48. The van der Waals surface area contributed by atoms with Crippen molar-refractivity contribution in [2.75, 3.05) is 11.6 Å². The molecule has 108 valence electrons. The Morgan fingerprint density at radius 3 is 2.45 bits per heavy atom. The number of fused-ring (bicyclic) bond motifs is 1. The summed E-state index contributed by atoms with van der Waals surface area (Å²) in [4.78, 5) is 12.5. The molecule has 2 atom stereocenters. The Hall–Kier alpha value is -1.36. The summed E-state index contributed by atoms with van der Waals surface area (Å²) in [5.74, 6) is 1.65. The van der Waals surface area contributed by atoms with Gasteiger partial charge in [0.1, 0.15) is 0 Å². The number of nitrogens with one attached hydrogen (secondary N) is 1. The van der Waals surface area contributed by atoms with Gasteiger partial charge in [-0.15, -0.1) is 0 Å². The number of benzene rings is 1. The molecule has 4 nitrogen and oxygen atoms in total. The fourth-order valence-corrected chi connectivity index (χ4v) is 3.78. The number of aryl methyl sites for hydroxylation is 1. The van der Waals surface area contributed by atoms with Gasteiger partial charge >= 0.3 is 0 Å². The smallest absolute Gasteiger partial charge is 0.227 e. The molecule has 0 bridgehead atoms. The van der Waals surface area contributed by atoms with Crippen molar-refractivity contribution >= 4 is 21.4 Å². The van der Waals surface area contributed by atoms with E-state index in [2.05, 4.69) is 5.32 Å². The minimum atomic E-state index is -3.25. The molecule has 20 heavy (non-hydrogen) atoms. The largest absolute Gasteiger partial charge is 0.326 e. The Balaban J connectivity index is 1.77. The standard InChI is InChI=1S/C15H19NO3S/c1-9-3-4-13(20(2,18)19)8-14(9)16-15(17)12-6-10-5-11(10)7-12/h3-4,8,10-12H,5-7H2,1-2H3,(H,16,17). The summed E-state index contributed by atoms with van der Waals surface area (Å²) in [5.41, 5.74) is 1.49. The van der Waals surface area contributed by atoms with Crippen molar-refractivity contribution in [3.63, 3.8) is 0 Å². The van der Waals surface area contributed by atoms with E-state index in [9.17, 15) is 13.2 Å². The van der Waals surface area contributed by atoms with Gasteiger partial charge in [-0.3, -0.25) is 4.79 Å². The lowest BCUT2D eigenvalue weighted by atomic mass is 10.0. The highest BCUT2D eigenvalue weighted by molar-refractivity contribution is 7.90. The molecule has 2 unspecified atom stereocenters. The average Bonchev–Trinajstić information content (AvgIpc) is 2.97. The van der Waals surface area contributed by atoms with Crippen LogP contribution in [0.1, 0.15) is 24.8 Å². The third kappa shape index (κ3) is 2.59. The van der Waals surface area contributed by atoms with E-state index in [4.69, 9.17) is 0 Å². The number of carbonyl (C=O) groups is 1. The van der Waals surface area contributed by atoms with E-state index in [0.717, 1.165) is 30.2 Å². The van der Waals surface area contributed by atoms with Crippen LogP contribution in [-0.4, -0.2) is 20.6 Å². The minimum Gasteiger partial charge on any atom is -0.326 e. The number of rotatable bonds is 3. The van der Waals surface area contributed by atoms with Crippen molar-refractivity contribution < 1.29 is 13.2 Å². The first-order chi connectivity index (χ1) is 9.34. The van der Waals surface area contributed by atoms with Crippen molar-refractivity contribution in [3.05, 3.63) is 23.8 Å². The molecule has 1 amide bonds. The van der Waals surface area contributed by atoms with Gasteiger partial charge in [0.25, 0.3) is 0 Å². The van der Waals surface area contributed by atoms with E-state index >= 15 is 0 Å². The van der Waals surface area contributed by atoms with Gasteiger partial charge in [0, 0.05) is 17.9 Å². The van der Waals surface area contributed by atoms with Crippen LogP contribution in [0.25, 0.3) is 0 Å². The number of hydrogen-bond donors (Lipinski definition) is 1. The van der Waals surface area contributed by atoms with Crippen molar-refractivity contribution in [1.82, 2.24) is 0 Å². The Morgan fingerprint density at radius 2 is 1.85 bits per heavy atom. The van der Waals surface area contributed by atoms with Crippen molar-refractivity contribution in [2.24, 2.45) is 17.8 Å².